The normalized spacial score (nSPS) is 16.0. The second kappa shape index (κ2) is 12.7. The van der Waals surface area contributed by atoms with Crippen molar-refractivity contribution >= 4 is 57.1 Å². The molecular formula is C25H31F2N9O3S2. The number of methoxy groups -OCH3 is 1. The molecule has 2 aliphatic rings. The summed E-state index contributed by atoms with van der Waals surface area (Å²) in [5.74, 6) is 0.992. The van der Waals surface area contributed by atoms with E-state index >= 15 is 0 Å². The number of ether oxygens (including phenoxy) is 2. The Morgan fingerprint density at radius 2 is 1.66 bits per heavy atom. The van der Waals surface area contributed by atoms with E-state index in [1.165, 1.54) is 28.3 Å². The van der Waals surface area contributed by atoms with Crippen LogP contribution in [0.4, 0.5) is 20.7 Å². The third kappa shape index (κ3) is 6.28. The Hall–Kier alpha value is -3.37. The highest BCUT2D eigenvalue weighted by atomic mass is 32.2. The molecule has 0 radical (unpaired) electrons. The zero-order valence-corrected chi connectivity index (χ0v) is 24.6. The first-order chi connectivity index (χ1) is 19.8. The van der Waals surface area contributed by atoms with Crippen molar-refractivity contribution in [2.75, 3.05) is 89.2 Å². The topological polar surface area (TPSA) is 105 Å². The molecule has 0 atom stereocenters. The fraction of sp³-hybridized carbons (Fsp3) is 0.520. The second-order valence-electron chi connectivity index (χ2n) is 9.59. The van der Waals surface area contributed by atoms with E-state index in [1.54, 1.807) is 32.3 Å². The van der Waals surface area contributed by atoms with Gasteiger partial charge in [0.2, 0.25) is 23.8 Å². The molecular weight excluding hydrogens is 576 g/mol. The van der Waals surface area contributed by atoms with Gasteiger partial charge in [-0.15, -0.1) is 0 Å². The van der Waals surface area contributed by atoms with Gasteiger partial charge in [-0.3, -0.25) is 9.36 Å². The van der Waals surface area contributed by atoms with E-state index in [9.17, 15) is 13.6 Å². The quantitative estimate of drug-likeness (QED) is 0.368. The average molecular weight is 608 g/mol. The Bertz CT molecular complexity index is 1410. The number of alkyl halides is 2. The predicted molar refractivity (Wildman–Crippen MR) is 157 cm³/mol. The highest BCUT2D eigenvalue weighted by molar-refractivity contribution is 8.23. The van der Waals surface area contributed by atoms with Crippen LogP contribution in [0.25, 0.3) is 17.0 Å². The average Bonchev–Trinajstić information content (AvgIpc) is 3.40. The van der Waals surface area contributed by atoms with Crippen molar-refractivity contribution in [2.45, 2.75) is 6.43 Å². The van der Waals surface area contributed by atoms with Gasteiger partial charge in [0.05, 0.1) is 31.6 Å². The first-order valence-corrected chi connectivity index (χ1v) is 14.5. The smallest absolute Gasteiger partial charge is 0.296 e. The largest absolute Gasteiger partial charge is 0.494 e. The summed E-state index contributed by atoms with van der Waals surface area (Å²) in [6, 6.07) is 5.07. The molecule has 16 heteroatoms. The summed E-state index contributed by atoms with van der Waals surface area (Å²) in [5.41, 5.74) is 0.705. The molecule has 12 nitrogen and oxygen atoms in total. The number of aromatic nitrogens is 5. The Balaban J connectivity index is 1.46. The lowest BCUT2D eigenvalue weighted by Crippen LogP contribution is -2.48. The molecule has 0 unspecified atom stereocenters. The first-order valence-electron chi connectivity index (χ1n) is 13.1. The second-order valence-corrected chi connectivity index (χ2v) is 11.2. The maximum Gasteiger partial charge on any atom is 0.296 e. The molecule has 0 bridgehead atoms. The monoisotopic (exact) mass is 607 g/mol. The van der Waals surface area contributed by atoms with Crippen LogP contribution in [0.3, 0.4) is 0 Å². The number of morpholine rings is 1. The minimum atomic E-state index is -2.87. The number of anilines is 2. The van der Waals surface area contributed by atoms with Crippen LogP contribution in [-0.4, -0.2) is 124 Å². The first kappa shape index (κ1) is 29.1. The number of carbonyl (C=O) groups is 1. The Kier molecular flexibility index (Phi) is 8.99. The number of nitrogens with zero attached hydrogens (tertiary/aromatic N) is 9. The number of fused-ring (bicyclic) bond motifs is 1. The summed E-state index contributed by atoms with van der Waals surface area (Å²) in [7, 11) is 4.90. The number of benzene rings is 1. The van der Waals surface area contributed by atoms with Crippen molar-refractivity contribution in [1.82, 2.24) is 34.3 Å². The molecule has 0 saturated carbocycles. The van der Waals surface area contributed by atoms with Gasteiger partial charge >= 0.3 is 0 Å². The lowest BCUT2D eigenvalue weighted by molar-refractivity contribution is -0.125. The van der Waals surface area contributed by atoms with Crippen molar-refractivity contribution < 1.29 is 23.0 Å². The van der Waals surface area contributed by atoms with E-state index in [4.69, 9.17) is 26.7 Å². The van der Waals surface area contributed by atoms with Crippen molar-refractivity contribution in [1.29, 1.82) is 0 Å². The molecule has 2 fully saturated rings. The van der Waals surface area contributed by atoms with Gasteiger partial charge in [0.15, 0.2) is 5.82 Å². The number of amides is 1. The maximum absolute atomic E-state index is 14.3. The summed E-state index contributed by atoms with van der Waals surface area (Å²) in [6.45, 7) is 4.44. The number of para-hydroxylation sites is 1. The van der Waals surface area contributed by atoms with Crippen LogP contribution in [-0.2, 0) is 9.53 Å². The lowest BCUT2D eigenvalue weighted by Gasteiger charge is -2.36. The number of thioether (sulfide) groups is 1. The van der Waals surface area contributed by atoms with Gasteiger partial charge in [-0.1, -0.05) is 30.0 Å². The highest BCUT2D eigenvalue weighted by Gasteiger charge is 2.28. The number of piperazine rings is 1. The summed E-state index contributed by atoms with van der Waals surface area (Å²) < 4.78 is 41.4. The molecule has 1 aromatic carbocycles. The minimum Gasteiger partial charge on any atom is -0.494 e. The molecule has 2 aliphatic heterocycles. The highest BCUT2D eigenvalue weighted by Crippen LogP contribution is 2.32. The van der Waals surface area contributed by atoms with Crippen LogP contribution >= 0.6 is 24.0 Å². The molecule has 0 N–H and O–H groups in total. The van der Waals surface area contributed by atoms with Gasteiger partial charge in [0.1, 0.15) is 15.6 Å². The summed E-state index contributed by atoms with van der Waals surface area (Å²) in [6.07, 6.45) is -2.87. The number of hydrogen-bond acceptors (Lipinski definition) is 11. The standard InChI is InChI=1S/C25H31F2N9O3S2/c1-32(2)18(37)15-41-25(40)35-9-7-33(8-10-35)22-29-23(34-11-13-39-14-12-34)31-24(30-22)36-16-5-4-6-17(38-3)19(16)28-21(36)20(26)27/h4-6,20H,7-15H2,1-3H3. The SMILES string of the molecule is COc1cccc2c1nc(C(F)F)n2-c1nc(N2CCOCC2)nc(N2CCN(C(=S)SCC(=O)N(C)C)CC2)n1. The molecule has 41 heavy (non-hydrogen) atoms. The van der Waals surface area contributed by atoms with E-state index in [2.05, 4.69) is 19.9 Å². The van der Waals surface area contributed by atoms with Gasteiger partial charge in [0.25, 0.3) is 6.43 Å². The number of hydrogen-bond donors (Lipinski definition) is 0. The van der Waals surface area contributed by atoms with Gasteiger partial charge in [0, 0.05) is 53.4 Å². The molecule has 220 valence electrons. The fourth-order valence-corrected chi connectivity index (χ4v) is 5.76. The Morgan fingerprint density at radius 3 is 2.27 bits per heavy atom. The van der Waals surface area contributed by atoms with Crippen molar-refractivity contribution in [3.8, 4) is 11.7 Å². The van der Waals surface area contributed by atoms with Gasteiger partial charge in [-0.25, -0.2) is 13.8 Å². The van der Waals surface area contributed by atoms with E-state index in [0.717, 1.165) is 0 Å². The molecule has 3 aromatic rings. The maximum atomic E-state index is 14.3. The third-order valence-electron chi connectivity index (χ3n) is 6.82. The number of thiocarbonyl (C=S) groups is 1. The van der Waals surface area contributed by atoms with Crippen LogP contribution in [0.5, 0.6) is 5.75 Å². The number of halogens is 2. The Morgan fingerprint density at radius 1 is 1.02 bits per heavy atom. The van der Waals surface area contributed by atoms with E-state index in [-0.39, 0.29) is 17.6 Å². The van der Waals surface area contributed by atoms with Gasteiger partial charge in [-0.05, 0) is 12.1 Å². The summed E-state index contributed by atoms with van der Waals surface area (Å²) >= 11 is 6.91. The predicted octanol–water partition coefficient (Wildman–Crippen LogP) is 2.22. The molecule has 5 rings (SSSR count). The molecule has 4 heterocycles. The third-order valence-corrected chi connectivity index (χ3v) is 8.33. The molecule has 0 aliphatic carbocycles. The zero-order chi connectivity index (χ0) is 29.1. The molecule has 0 spiro atoms. The van der Waals surface area contributed by atoms with E-state index in [0.29, 0.717) is 85.5 Å². The van der Waals surface area contributed by atoms with Crippen LogP contribution in [0.2, 0.25) is 0 Å². The van der Waals surface area contributed by atoms with E-state index < -0.39 is 12.2 Å². The number of rotatable bonds is 7. The van der Waals surface area contributed by atoms with E-state index in [1.807, 2.05) is 9.80 Å². The molecule has 1 amide bonds. The van der Waals surface area contributed by atoms with Crippen molar-refractivity contribution in [3.05, 3.63) is 24.0 Å². The lowest BCUT2D eigenvalue weighted by atomic mass is 10.3. The molecule has 2 aromatic heterocycles. The summed E-state index contributed by atoms with van der Waals surface area (Å²) in [5, 5.41) is 0. The van der Waals surface area contributed by atoms with Crippen LogP contribution in [0, 0.1) is 0 Å². The van der Waals surface area contributed by atoms with Crippen LogP contribution < -0.4 is 14.5 Å². The van der Waals surface area contributed by atoms with Crippen molar-refractivity contribution in [3.63, 3.8) is 0 Å². The fourth-order valence-electron chi connectivity index (χ4n) is 4.54. The minimum absolute atomic E-state index is 0.00263. The van der Waals surface area contributed by atoms with Crippen molar-refractivity contribution in [2.24, 2.45) is 0 Å². The van der Waals surface area contributed by atoms with Crippen LogP contribution in [0.1, 0.15) is 12.2 Å². The molecule has 2 saturated heterocycles. The number of imidazole rings is 1. The Labute approximate surface area is 245 Å². The van der Waals surface area contributed by atoms with Crippen LogP contribution in [0.15, 0.2) is 18.2 Å². The van der Waals surface area contributed by atoms with Gasteiger partial charge < -0.3 is 29.1 Å². The zero-order valence-electron chi connectivity index (χ0n) is 23.0. The number of carbonyl (C=O) groups excluding carboxylic acids is 1. The van der Waals surface area contributed by atoms with Gasteiger partial charge in [-0.2, -0.15) is 15.0 Å². The summed E-state index contributed by atoms with van der Waals surface area (Å²) in [4.78, 5) is 37.8.